The molecule has 1 aliphatic heterocycles. The van der Waals surface area contributed by atoms with Crippen LogP contribution in [0.3, 0.4) is 0 Å². The van der Waals surface area contributed by atoms with Gasteiger partial charge in [-0.1, -0.05) is 12.1 Å². The van der Waals surface area contributed by atoms with Crippen molar-refractivity contribution in [2.45, 2.75) is 45.8 Å². The van der Waals surface area contributed by atoms with Crippen LogP contribution in [0.15, 0.2) is 35.7 Å². The predicted octanol–water partition coefficient (Wildman–Crippen LogP) is 3.73. The Morgan fingerprint density at radius 3 is 2.96 bits per heavy atom. The lowest BCUT2D eigenvalue weighted by Crippen LogP contribution is -2.42. The molecule has 27 heavy (non-hydrogen) atoms. The van der Waals surface area contributed by atoms with E-state index in [0.717, 1.165) is 17.7 Å². The molecule has 0 radical (unpaired) electrons. The fraction of sp³-hybridized carbons (Fsp3) is 0.429. The maximum atomic E-state index is 12.5. The summed E-state index contributed by atoms with van der Waals surface area (Å²) in [7, 11) is 0. The van der Waals surface area contributed by atoms with E-state index in [2.05, 4.69) is 11.4 Å². The maximum Gasteiger partial charge on any atom is 0.306 e. The predicted molar refractivity (Wildman–Crippen MR) is 105 cm³/mol. The molecule has 0 aliphatic carbocycles. The first kappa shape index (κ1) is 19.4. The standard InChI is InChI=1S/C21H25NO4S/c1-15-5-3-6-18(13-15)25-11-4-7-20(23)26-16(2)21(24)22-10-8-19-17(14-22)9-12-27-19/h3,5-6,9,12-13,16H,4,7-8,10-11,14H2,1-2H3. The Morgan fingerprint density at radius 2 is 2.15 bits per heavy atom. The second-order valence-electron chi connectivity index (χ2n) is 6.78. The van der Waals surface area contributed by atoms with Gasteiger partial charge < -0.3 is 14.4 Å². The highest BCUT2D eigenvalue weighted by Gasteiger charge is 2.27. The van der Waals surface area contributed by atoms with E-state index in [4.69, 9.17) is 9.47 Å². The van der Waals surface area contributed by atoms with E-state index in [-0.39, 0.29) is 18.3 Å². The lowest BCUT2D eigenvalue weighted by molar-refractivity contribution is -0.159. The van der Waals surface area contributed by atoms with Crippen LogP contribution in [0.4, 0.5) is 0 Å². The Hall–Kier alpha value is -2.34. The molecule has 0 saturated heterocycles. The molecule has 1 atom stereocenters. The van der Waals surface area contributed by atoms with E-state index in [0.29, 0.717) is 26.1 Å². The Kier molecular flexibility index (Phi) is 6.50. The monoisotopic (exact) mass is 387 g/mol. The van der Waals surface area contributed by atoms with E-state index in [1.807, 2.05) is 31.2 Å². The third-order valence-corrected chi connectivity index (χ3v) is 5.58. The molecule has 1 amide bonds. The van der Waals surface area contributed by atoms with Crippen molar-refractivity contribution >= 4 is 23.2 Å². The Labute approximate surface area is 163 Å². The maximum absolute atomic E-state index is 12.5. The molecule has 0 spiro atoms. The van der Waals surface area contributed by atoms with Gasteiger partial charge in [0.15, 0.2) is 6.10 Å². The Bertz CT molecular complexity index is 801. The summed E-state index contributed by atoms with van der Waals surface area (Å²) in [6.07, 6.45) is 0.902. The number of thiophene rings is 1. The van der Waals surface area contributed by atoms with Crippen molar-refractivity contribution in [2.75, 3.05) is 13.2 Å². The molecular formula is C21H25NO4S. The Morgan fingerprint density at radius 1 is 1.30 bits per heavy atom. The third kappa shape index (κ3) is 5.32. The first-order valence-electron chi connectivity index (χ1n) is 9.26. The van der Waals surface area contributed by atoms with Gasteiger partial charge in [-0.15, -0.1) is 11.3 Å². The number of carbonyl (C=O) groups is 2. The molecule has 0 saturated carbocycles. The largest absolute Gasteiger partial charge is 0.494 e. The van der Waals surface area contributed by atoms with Crippen molar-refractivity contribution in [1.82, 2.24) is 4.90 Å². The lowest BCUT2D eigenvalue weighted by atomic mass is 10.1. The SMILES string of the molecule is Cc1cccc(OCCCC(=O)OC(C)C(=O)N2CCc3sccc3C2)c1. The summed E-state index contributed by atoms with van der Waals surface area (Å²) in [5, 5.41) is 2.06. The minimum Gasteiger partial charge on any atom is -0.494 e. The van der Waals surface area contributed by atoms with Crippen LogP contribution in [-0.2, 0) is 27.3 Å². The molecule has 5 nitrogen and oxygen atoms in total. The van der Waals surface area contributed by atoms with Gasteiger partial charge in [-0.2, -0.15) is 0 Å². The lowest BCUT2D eigenvalue weighted by Gasteiger charge is -2.29. The molecular weight excluding hydrogens is 362 g/mol. The topological polar surface area (TPSA) is 55.8 Å². The highest BCUT2D eigenvalue weighted by atomic mass is 32.1. The third-order valence-electron chi connectivity index (χ3n) is 4.56. The van der Waals surface area contributed by atoms with Crippen LogP contribution in [0.1, 0.15) is 35.8 Å². The highest BCUT2D eigenvalue weighted by Crippen LogP contribution is 2.24. The number of esters is 1. The quantitative estimate of drug-likeness (QED) is 0.537. The van der Waals surface area contributed by atoms with Gasteiger partial charge in [-0.25, -0.2) is 0 Å². The molecule has 0 N–H and O–H groups in total. The van der Waals surface area contributed by atoms with E-state index < -0.39 is 6.10 Å². The number of carbonyl (C=O) groups excluding carboxylic acids is 2. The zero-order chi connectivity index (χ0) is 19.2. The number of nitrogens with zero attached hydrogens (tertiary/aromatic N) is 1. The van der Waals surface area contributed by atoms with Crippen LogP contribution in [-0.4, -0.2) is 36.0 Å². The van der Waals surface area contributed by atoms with E-state index in [1.165, 1.54) is 10.4 Å². The van der Waals surface area contributed by atoms with Gasteiger partial charge >= 0.3 is 5.97 Å². The van der Waals surface area contributed by atoms with Crippen LogP contribution in [0.2, 0.25) is 0 Å². The van der Waals surface area contributed by atoms with Gasteiger partial charge in [0.25, 0.3) is 5.91 Å². The van der Waals surface area contributed by atoms with Crippen LogP contribution < -0.4 is 4.74 Å². The number of benzene rings is 1. The van der Waals surface area contributed by atoms with Gasteiger partial charge in [0.2, 0.25) is 0 Å². The summed E-state index contributed by atoms with van der Waals surface area (Å²) in [4.78, 5) is 27.7. The molecule has 1 aromatic heterocycles. The first-order valence-corrected chi connectivity index (χ1v) is 10.1. The van der Waals surface area contributed by atoms with Crippen LogP contribution in [0.25, 0.3) is 0 Å². The smallest absolute Gasteiger partial charge is 0.306 e. The van der Waals surface area contributed by atoms with Crippen LogP contribution in [0, 0.1) is 6.92 Å². The number of hydrogen-bond acceptors (Lipinski definition) is 5. The molecule has 2 heterocycles. The van der Waals surface area contributed by atoms with Gasteiger partial charge in [-0.05, 0) is 61.4 Å². The van der Waals surface area contributed by atoms with Crippen molar-refractivity contribution in [3.8, 4) is 5.75 Å². The molecule has 3 rings (SSSR count). The summed E-state index contributed by atoms with van der Waals surface area (Å²) in [6.45, 7) is 5.37. The summed E-state index contributed by atoms with van der Waals surface area (Å²) < 4.78 is 11.0. The summed E-state index contributed by atoms with van der Waals surface area (Å²) in [5.74, 6) is 0.304. The normalized spacial score (nSPS) is 14.4. The highest BCUT2D eigenvalue weighted by molar-refractivity contribution is 7.10. The molecule has 1 aromatic carbocycles. The van der Waals surface area contributed by atoms with E-state index >= 15 is 0 Å². The zero-order valence-corrected chi connectivity index (χ0v) is 16.6. The second-order valence-corrected chi connectivity index (χ2v) is 7.78. The van der Waals surface area contributed by atoms with Crippen LogP contribution >= 0.6 is 11.3 Å². The fourth-order valence-corrected chi connectivity index (χ4v) is 4.00. The minimum atomic E-state index is -0.754. The van der Waals surface area contributed by atoms with E-state index in [9.17, 15) is 9.59 Å². The van der Waals surface area contributed by atoms with Crippen molar-refractivity contribution < 1.29 is 19.1 Å². The van der Waals surface area contributed by atoms with Gasteiger partial charge in [-0.3, -0.25) is 9.59 Å². The molecule has 0 bridgehead atoms. The van der Waals surface area contributed by atoms with Crippen molar-refractivity contribution in [3.63, 3.8) is 0 Å². The van der Waals surface area contributed by atoms with Gasteiger partial charge in [0, 0.05) is 24.4 Å². The summed E-state index contributed by atoms with van der Waals surface area (Å²) >= 11 is 1.73. The molecule has 144 valence electrons. The summed E-state index contributed by atoms with van der Waals surface area (Å²) in [6, 6.07) is 9.85. The molecule has 0 fully saturated rings. The molecule has 1 unspecified atom stereocenters. The molecule has 6 heteroatoms. The van der Waals surface area contributed by atoms with Crippen molar-refractivity contribution in [2.24, 2.45) is 0 Å². The number of hydrogen-bond donors (Lipinski definition) is 0. The fourth-order valence-electron chi connectivity index (χ4n) is 3.11. The average Bonchev–Trinajstić information content (AvgIpc) is 3.12. The number of aryl methyl sites for hydroxylation is 1. The molecule has 1 aliphatic rings. The number of amides is 1. The molecule has 2 aromatic rings. The number of fused-ring (bicyclic) bond motifs is 1. The second kappa shape index (κ2) is 9.04. The number of rotatable bonds is 7. The number of ether oxygens (including phenoxy) is 2. The van der Waals surface area contributed by atoms with Crippen molar-refractivity contribution in [3.05, 3.63) is 51.7 Å². The van der Waals surface area contributed by atoms with Gasteiger partial charge in [0.05, 0.1) is 6.61 Å². The van der Waals surface area contributed by atoms with Gasteiger partial charge in [0.1, 0.15) is 5.75 Å². The van der Waals surface area contributed by atoms with Crippen molar-refractivity contribution in [1.29, 1.82) is 0 Å². The Balaban J connectivity index is 1.38. The summed E-state index contributed by atoms with van der Waals surface area (Å²) in [5.41, 5.74) is 2.33. The zero-order valence-electron chi connectivity index (χ0n) is 15.8. The van der Waals surface area contributed by atoms with E-state index in [1.54, 1.807) is 23.2 Å². The average molecular weight is 388 g/mol. The first-order chi connectivity index (χ1) is 13.0. The van der Waals surface area contributed by atoms with Crippen LogP contribution in [0.5, 0.6) is 5.75 Å². The minimum absolute atomic E-state index is 0.129.